The molecule has 0 radical (unpaired) electrons. The maximum atomic E-state index is 11.9. The first-order valence-electron chi connectivity index (χ1n) is 6.64. The second-order valence-electron chi connectivity index (χ2n) is 6.93. The number of hydrogen-bond acceptors (Lipinski definition) is 4. The molecule has 8 heteroatoms. The Morgan fingerprint density at radius 3 is 2.25 bits per heavy atom. The van der Waals surface area contributed by atoms with Crippen LogP contribution in [0.15, 0.2) is 11.1 Å². The highest BCUT2D eigenvalue weighted by atomic mass is 28.4. The Hall–Kier alpha value is -1.42. The van der Waals surface area contributed by atoms with E-state index in [-0.39, 0.29) is 5.69 Å². The highest BCUT2D eigenvalue weighted by Crippen LogP contribution is 2.25. The number of aromatic nitrogens is 4. The molecule has 0 aliphatic rings. The zero-order chi connectivity index (χ0) is 15.3. The Morgan fingerprint density at radius 2 is 1.75 bits per heavy atom. The van der Waals surface area contributed by atoms with E-state index >= 15 is 0 Å². The normalized spacial score (nSPS) is 12.9. The van der Waals surface area contributed by atoms with Gasteiger partial charge in [-0.2, -0.15) is 4.98 Å². The van der Waals surface area contributed by atoms with Gasteiger partial charge in [0.25, 0.3) is 0 Å². The lowest BCUT2D eigenvalue weighted by Gasteiger charge is -2.23. The smallest absolute Gasteiger partial charge is 0.352 e. The van der Waals surface area contributed by atoms with Crippen LogP contribution >= 0.6 is 0 Å². The quantitative estimate of drug-likeness (QED) is 0.814. The number of hydrogen-bond donors (Lipinski definition) is 0. The van der Waals surface area contributed by atoms with Crippen LogP contribution in [0.5, 0.6) is 5.88 Å². The van der Waals surface area contributed by atoms with E-state index in [1.807, 2.05) is 0 Å². The largest absolute Gasteiger partial charge is 0.530 e. The molecule has 0 saturated heterocycles. The first-order chi connectivity index (χ1) is 9.00. The third-order valence-corrected chi connectivity index (χ3v) is 5.47. The highest BCUT2D eigenvalue weighted by molar-refractivity contribution is 6.75. The molecule has 0 spiro atoms. The summed E-state index contributed by atoms with van der Waals surface area (Å²) in [4.78, 5) is 20.5. The van der Waals surface area contributed by atoms with Crippen molar-refractivity contribution < 1.29 is 4.43 Å². The van der Waals surface area contributed by atoms with E-state index in [0.29, 0.717) is 11.5 Å². The van der Waals surface area contributed by atoms with E-state index in [2.05, 4.69) is 53.5 Å². The maximum Gasteiger partial charge on any atom is 0.352 e. The van der Waals surface area contributed by atoms with E-state index in [9.17, 15) is 4.79 Å². The van der Waals surface area contributed by atoms with Gasteiger partial charge in [0.15, 0.2) is 13.9 Å². The molecule has 0 unspecified atom stereocenters. The van der Waals surface area contributed by atoms with Gasteiger partial charge in [0.1, 0.15) is 5.52 Å². The molecule has 0 atom stereocenters. The van der Waals surface area contributed by atoms with Gasteiger partial charge in [-0.15, -0.1) is 0 Å². The fraction of sp³-hybridized carbons (Fsp3) is 0.583. The average molecular weight is 311 g/mol. The van der Waals surface area contributed by atoms with Crippen LogP contribution in [0, 0.1) is 0 Å². The van der Waals surface area contributed by atoms with Crippen molar-refractivity contribution in [3.05, 3.63) is 16.8 Å². The van der Waals surface area contributed by atoms with Crippen LogP contribution in [0.25, 0.3) is 11.2 Å². The Bertz CT molecular complexity index is 707. The van der Waals surface area contributed by atoms with Crippen molar-refractivity contribution in [1.82, 2.24) is 18.8 Å². The zero-order valence-corrected chi connectivity index (χ0v) is 15.2. The highest BCUT2D eigenvalue weighted by Gasteiger charge is 2.26. The van der Waals surface area contributed by atoms with Crippen molar-refractivity contribution in [2.45, 2.75) is 39.3 Å². The summed E-state index contributed by atoms with van der Waals surface area (Å²) in [7, 11) is -1.81. The molecule has 0 N–H and O–H groups in total. The number of aryl methyl sites for hydroxylation is 1. The van der Waals surface area contributed by atoms with Crippen molar-refractivity contribution in [3.63, 3.8) is 0 Å². The molecule has 0 aliphatic carbocycles. The van der Waals surface area contributed by atoms with Gasteiger partial charge >= 0.3 is 5.69 Å². The van der Waals surface area contributed by atoms with Crippen molar-refractivity contribution >= 4 is 27.7 Å². The SMILES string of the molecule is Cn1c(=O)nc(O[Si](C)(C)C)c2c1ncn2[Si](C)(C)C. The molecule has 2 aromatic heterocycles. The van der Waals surface area contributed by atoms with Crippen LogP contribution in [0.3, 0.4) is 0 Å². The second-order valence-corrected chi connectivity index (χ2v) is 16.2. The van der Waals surface area contributed by atoms with Crippen LogP contribution in [0.1, 0.15) is 0 Å². The fourth-order valence-electron chi connectivity index (χ4n) is 1.96. The van der Waals surface area contributed by atoms with E-state index in [1.54, 1.807) is 13.4 Å². The Morgan fingerprint density at radius 1 is 1.15 bits per heavy atom. The van der Waals surface area contributed by atoms with Gasteiger partial charge in [0, 0.05) is 7.05 Å². The summed E-state index contributed by atoms with van der Waals surface area (Å²) in [5.74, 6) is 0.433. The lowest BCUT2D eigenvalue weighted by Crippen LogP contribution is -2.35. The predicted molar refractivity (Wildman–Crippen MR) is 85.5 cm³/mol. The van der Waals surface area contributed by atoms with Crippen molar-refractivity contribution in [2.75, 3.05) is 0 Å². The van der Waals surface area contributed by atoms with E-state index in [0.717, 1.165) is 5.52 Å². The van der Waals surface area contributed by atoms with Gasteiger partial charge in [-0.05, 0) is 19.6 Å². The summed E-state index contributed by atoms with van der Waals surface area (Å²) >= 11 is 0. The van der Waals surface area contributed by atoms with Gasteiger partial charge in [0.05, 0.1) is 6.33 Å². The molecule has 6 nitrogen and oxygen atoms in total. The molecule has 0 aliphatic heterocycles. The summed E-state index contributed by atoms with van der Waals surface area (Å²) in [6.07, 6.45) is 1.80. The molecule has 0 fully saturated rings. The molecule has 2 aromatic rings. The van der Waals surface area contributed by atoms with Gasteiger partial charge in [-0.3, -0.25) is 4.57 Å². The molecule has 20 heavy (non-hydrogen) atoms. The predicted octanol–water partition coefficient (Wildman–Crippen LogP) is 2.03. The zero-order valence-electron chi connectivity index (χ0n) is 13.2. The average Bonchev–Trinajstić information content (AvgIpc) is 2.67. The summed E-state index contributed by atoms with van der Waals surface area (Å²) in [6, 6.07) is 0. The van der Waals surface area contributed by atoms with Gasteiger partial charge in [0.2, 0.25) is 14.2 Å². The second kappa shape index (κ2) is 4.55. The topological polar surface area (TPSA) is 61.9 Å². The number of fused-ring (bicyclic) bond motifs is 1. The van der Waals surface area contributed by atoms with E-state index in [4.69, 9.17) is 4.43 Å². The molecule has 110 valence electrons. The molecule has 0 bridgehead atoms. The molecule has 0 saturated carbocycles. The Kier molecular flexibility index (Phi) is 3.41. The third-order valence-electron chi connectivity index (χ3n) is 2.88. The number of nitrogens with zero attached hydrogens (tertiary/aromatic N) is 4. The van der Waals surface area contributed by atoms with Gasteiger partial charge < -0.3 is 8.66 Å². The molecule has 2 heterocycles. The minimum atomic E-state index is -1.85. The summed E-state index contributed by atoms with van der Waals surface area (Å²) < 4.78 is 9.64. The third kappa shape index (κ3) is 2.71. The molecular formula is C12H22N4O2Si2. The molecule has 0 aromatic carbocycles. The first-order valence-corrected chi connectivity index (χ1v) is 13.5. The van der Waals surface area contributed by atoms with Gasteiger partial charge in [-0.1, -0.05) is 19.6 Å². The lowest BCUT2D eigenvalue weighted by molar-refractivity contribution is 0.531. The fourth-order valence-corrected chi connectivity index (χ4v) is 3.95. The van der Waals surface area contributed by atoms with Crippen molar-refractivity contribution in [2.24, 2.45) is 7.05 Å². The summed E-state index contributed by atoms with van der Waals surface area (Å²) in [5.41, 5.74) is 1.15. The molecular weight excluding hydrogens is 288 g/mol. The van der Waals surface area contributed by atoms with Crippen molar-refractivity contribution in [3.8, 4) is 5.88 Å². The van der Waals surface area contributed by atoms with Crippen LogP contribution in [0.2, 0.25) is 39.3 Å². The lowest BCUT2D eigenvalue weighted by atomic mass is 10.5. The van der Waals surface area contributed by atoms with Crippen LogP contribution in [-0.4, -0.2) is 35.3 Å². The number of rotatable bonds is 3. The van der Waals surface area contributed by atoms with Gasteiger partial charge in [-0.25, -0.2) is 9.78 Å². The summed E-state index contributed by atoms with van der Waals surface area (Å²) in [6.45, 7) is 12.9. The van der Waals surface area contributed by atoms with Crippen LogP contribution < -0.4 is 10.1 Å². The van der Waals surface area contributed by atoms with Crippen LogP contribution in [-0.2, 0) is 7.05 Å². The Balaban J connectivity index is 2.82. The summed E-state index contributed by atoms with van der Waals surface area (Å²) in [5, 5.41) is 0. The minimum absolute atomic E-state index is 0.327. The molecule has 0 amide bonds. The Labute approximate surface area is 120 Å². The first kappa shape index (κ1) is 15.0. The monoisotopic (exact) mass is 310 g/mol. The van der Waals surface area contributed by atoms with Crippen LogP contribution in [0.4, 0.5) is 0 Å². The molecule has 2 rings (SSSR count). The van der Waals surface area contributed by atoms with Crippen molar-refractivity contribution in [1.29, 1.82) is 0 Å². The number of imidazole rings is 1. The maximum absolute atomic E-state index is 11.9. The van der Waals surface area contributed by atoms with E-state index in [1.165, 1.54) is 4.57 Å². The standard InChI is InChI=1S/C12H22N4O2Si2/c1-15-10-9(16(8-13-10)19(2,3)4)11(14-12(15)17)18-20(5,6)7/h8H,1-7H3. The minimum Gasteiger partial charge on any atom is -0.530 e. The van der Waals surface area contributed by atoms with E-state index < -0.39 is 16.6 Å².